The molecule has 0 N–H and O–H groups in total. The van der Waals surface area contributed by atoms with Crippen molar-refractivity contribution in [2.24, 2.45) is 0 Å². The normalized spacial score (nSPS) is 21.1. The Bertz CT molecular complexity index is 1100. The molecule has 4 unspecified atom stereocenters. The molecule has 4 atom stereocenters. The lowest BCUT2D eigenvalue weighted by Gasteiger charge is -2.18. The molecule has 2 heterocycles. The van der Waals surface area contributed by atoms with Crippen molar-refractivity contribution in [3.8, 4) is 11.5 Å². The number of hydrogen-bond donors (Lipinski definition) is 0. The highest BCUT2D eigenvalue weighted by atomic mass is 19.1. The number of carbonyl (C=O) groups is 2. The second kappa shape index (κ2) is 15.8. The van der Waals surface area contributed by atoms with Crippen molar-refractivity contribution >= 4 is 11.9 Å². The van der Waals surface area contributed by atoms with Crippen molar-refractivity contribution in [3.05, 3.63) is 59.2 Å². The molecule has 8 nitrogen and oxygen atoms in total. The maximum Gasteiger partial charge on any atom is 0.341 e. The monoisotopic (exact) mass is 590 g/mol. The SMILES string of the molecule is CCCCCCOc1ccc(C(=O)OC2COC3C(OC(=O)c4ccc(OCCCCCC)cc4F)COC23)c(F)c1. The smallest absolute Gasteiger partial charge is 0.341 e. The van der Waals surface area contributed by atoms with E-state index in [-0.39, 0.29) is 24.3 Å². The minimum atomic E-state index is -0.866. The highest BCUT2D eigenvalue weighted by Gasteiger charge is 2.51. The summed E-state index contributed by atoms with van der Waals surface area (Å²) in [5.41, 5.74) is -0.469. The van der Waals surface area contributed by atoms with E-state index in [1.165, 1.54) is 24.3 Å². The number of fused-ring (bicyclic) bond motifs is 1. The molecule has 2 aliphatic heterocycles. The number of halogens is 2. The van der Waals surface area contributed by atoms with Gasteiger partial charge in [-0.05, 0) is 37.1 Å². The number of rotatable bonds is 16. The molecular formula is C32H40F2O8. The quantitative estimate of drug-likeness (QED) is 0.163. The van der Waals surface area contributed by atoms with Crippen LogP contribution in [0.25, 0.3) is 0 Å². The molecule has 2 saturated heterocycles. The molecular weight excluding hydrogens is 550 g/mol. The molecule has 0 aromatic heterocycles. The molecule has 230 valence electrons. The van der Waals surface area contributed by atoms with Crippen LogP contribution in [0.2, 0.25) is 0 Å². The molecule has 2 aromatic rings. The van der Waals surface area contributed by atoms with Gasteiger partial charge in [0.2, 0.25) is 0 Å². The van der Waals surface area contributed by atoms with Gasteiger partial charge in [0, 0.05) is 12.1 Å². The van der Waals surface area contributed by atoms with Crippen LogP contribution in [0.4, 0.5) is 8.78 Å². The van der Waals surface area contributed by atoms with E-state index in [0.717, 1.165) is 63.5 Å². The van der Waals surface area contributed by atoms with Gasteiger partial charge in [-0.3, -0.25) is 0 Å². The number of benzene rings is 2. The van der Waals surface area contributed by atoms with E-state index < -0.39 is 48.0 Å². The van der Waals surface area contributed by atoms with E-state index in [1.54, 1.807) is 0 Å². The number of unbranched alkanes of at least 4 members (excludes halogenated alkanes) is 6. The van der Waals surface area contributed by atoms with Gasteiger partial charge in [-0.2, -0.15) is 0 Å². The maximum absolute atomic E-state index is 14.7. The lowest BCUT2D eigenvalue weighted by Crippen LogP contribution is -2.36. The zero-order valence-corrected chi connectivity index (χ0v) is 24.3. The van der Waals surface area contributed by atoms with Crippen LogP contribution in [-0.4, -0.2) is 62.8 Å². The lowest BCUT2D eigenvalue weighted by molar-refractivity contribution is -0.0290. The van der Waals surface area contributed by atoms with Crippen LogP contribution < -0.4 is 9.47 Å². The van der Waals surface area contributed by atoms with Crippen molar-refractivity contribution < 1.29 is 46.8 Å². The summed E-state index contributed by atoms with van der Waals surface area (Å²) in [6.45, 7) is 5.14. The van der Waals surface area contributed by atoms with Gasteiger partial charge < -0.3 is 28.4 Å². The van der Waals surface area contributed by atoms with E-state index in [9.17, 15) is 18.4 Å². The van der Waals surface area contributed by atoms with Crippen LogP contribution in [0, 0.1) is 11.6 Å². The summed E-state index contributed by atoms with van der Waals surface area (Å²) >= 11 is 0. The Morgan fingerprint density at radius 2 is 1.12 bits per heavy atom. The second-order valence-corrected chi connectivity index (χ2v) is 10.6. The Balaban J connectivity index is 1.26. The van der Waals surface area contributed by atoms with Crippen LogP contribution in [0.15, 0.2) is 36.4 Å². The highest BCUT2D eigenvalue weighted by molar-refractivity contribution is 5.90. The molecule has 2 aliphatic rings. The van der Waals surface area contributed by atoms with E-state index in [4.69, 9.17) is 28.4 Å². The van der Waals surface area contributed by atoms with Gasteiger partial charge in [-0.25, -0.2) is 18.4 Å². The van der Waals surface area contributed by atoms with Gasteiger partial charge in [0.25, 0.3) is 0 Å². The third-order valence-corrected chi connectivity index (χ3v) is 7.33. The van der Waals surface area contributed by atoms with Crippen LogP contribution in [0.1, 0.15) is 85.9 Å². The predicted octanol–water partition coefficient (Wildman–Crippen LogP) is 6.43. The predicted molar refractivity (Wildman–Crippen MR) is 150 cm³/mol. The largest absolute Gasteiger partial charge is 0.493 e. The van der Waals surface area contributed by atoms with Crippen molar-refractivity contribution in [3.63, 3.8) is 0 Å². The molecule has 0 spiro atoms. The number of ether oxygens (including phenoxy) is 6. The summed E-state index contributed by atoms with van der Waals surface area (Å²) in [5.74, 6) is -2.56. The topological polar surface area (TPSA) is 89.5 Å². The molecule has 0 amide bonds. The standard InChI is InChI=1S/C32H40F2O8/c1-3-5-7-9-15-37-21-11-13-23(25(33)17-21)31(35)41-27-19-39-30-28(20-40-29(27)30)42-32(36)24-14-12-22(18-26(24)34)38-16-10-8-6-4-2/h11-14,17-18,27-30H,3-10,15-16,19-20H2,1-2H3. The molecule has 2 fully saturated rings. The number of esters is 2. The minimum absolute atomic E-state index is 0.0195. The molecule has 42 heavy (non-hydrogen) atoms. The minimum Gasteiger partial charge on any atom is -0.493 e. The third kappa shape index (κ3) is 8.41. The average Bonchev–Trinajstić information content (AvgIpc) is 3.56. The number of hydrogen-bond acceptors (Lipinski definition) is 8. The van der Waals surface area contributed by atoms with Crippen LogP contribution in [0.5, 0.6) is 11.5 Å². The molecule has 0 aliphatic carbocycles. The Morgan fingerprint density at radius 3 is 1.50 bits per heavy atom. The van der Waals surface area contributed by atoms with Gasteiger partial charge in [0.05, 0.1) is 37.6 Å². The first-order chi connectivity index (χ1) is 20.4. The van der Waals surface area contributed by atoms with Crippen molar-refractivity contribution in [1.29, 1.82) is 0 Å². The first-order valence-corrected chi connectivity index (χ1v) is 14.9. The zero-order chi connectivity index (χ0) is 29.9. The zero-order valence-electron chi connectivity index (χ0n) is 24.3. The second-order valence-electron chi connectivity index (χ2n) is 10.6. The van der Waals surface area contributed by atoms with Gasteiger partial charge in [-0.15, -0.1) is 0 Å². The first-order valence-electron chi connectivity index (χ1n) is 14.9. The average molecular weight is 591 g/mol. The summed E-state index contributed by atoms with van der Waals surface area (Å²) in [4.78, 5) is 25.4. The molecule has 4 rings (SSSR count). The molecule has 0 bridgehead atoms. The Labute approximate surface area is 245 Å². The van der Waals surface area contributed by atoms with Crippen LogP contribution >= 0.6 is 0 Å². The fourth-order valence-corrected chi connectivity index (χ4v) is 4.97. The summed E-state index contributed by atoms with van der Waals surface area (Å²) in [7, 11) is 0. The summed E-state index contributed by atoms with van der Waals surface area (Å²) < 4.78 is 62.9. The van der Waals surface area contributed by atoms with E-state index in [0.29, 0.717) is 24.7 Å². The Hall–Kier alpha value is -3.24. The summed E-state index contributed by atoms with van der Waals surface area (Å²) in [6.07, 6.45) is 5.18. The molecule has 0 saturated carbocycles. The first kappa shape index (κ1) is 31.7. The molecule has 2 aromatic carbocycles. The van der Waals surface area contributed by atoms with E-state index >= 15 is 0 Å². The van der Waals surface area contributed by atoms with Crippen molar-refractivity contribution in [1.82, 2.24) is 0 Å². The fraction of sp³-hybridized carbons (Fsp3) is 0.562. The maximum atomic E-state index is 14.7. The van der Waals surface area contributed by atoms with Crippen molar-refractivity contribution in [2.45, 2.75) is 89.6 Å². The van der Waals surface area contributed by atoms with Gasteiger partial charge >= 0.3 is 11.9 Å². The highest BCUT2D eigenvalue weighted by Crippen LogP contribution is 2.32. The molecule has 10 heteroatoms. The van der Waals surface area contributed by atoms with Gasteiger partial charge in [0.15, 0.2) is 12.2 Å². The van der Waals surface area contributed by atoms with Gasteiger partial charge in [-0.1, -0.05) is 52.4 Å². The Kier molecular flexibility index (Phi) is 12.0. The van der Waals surface area contributed by atoms with Crippen LogP contribution in [0.3, 0.4) is 0 Å². The van der Waals surface area contributed by atoms with E-state index in [2.05, 4.69) is 13.8 Å². The van der Waals surface area contributed by atoms with Gasteiger partial charge in [0.1, 0.15) is 35.3 Å². The van der Waals surface area contributed by atoms with E-state index in [1.807, 2.05) is 0 Å². The van der Waals surface area contributed by atoms with Crippen LogP contribution in [-0.2, 0) is 18.9 Å². The summed E-state index contributed by atoms with van der Waals surface area (Å²) in [5, 5.41) is 0. The molecule has 0 radical (unpaired) electrons. The summed E-state index contributed by atoms with van der Waals surface area (Å²) in [6, 6.07) is 8.03. The Morgan fingerprint density at radius 1 is 0.690 bits per heavy atom. The lowest BCUT2D eigenvalue weighted by atomic mass is 10.1. The third-order valence-electron chi connectivity index (χ3n) is 7.33. The fourth-order valence-electron chi connectivity index (χ4n) is 4.97. The number of carbonyl (C=O) groups excluding carboxylic acids is 2. The van der Waals surface area contributed by atoms with Crippen molar-refractivity contribution in [2.75, 3.05) is 26.4 Å².